The van der Waals surface area contributed by atoms with E-state index >= 15 is 0 Å². The quantitative estimate of drug-likeness (QED) is 0.812. The van der Waals surface area contributed by atoms with E-state index in [1.54, 1.807) is 0 Å². The van der Waals surface area contributed by atoms with Gasteiger partial charge in [0.15, 0.2) is 0 Å². The van der Waals surface area contributed by atoms with Crippen molar-refractivity contribution >= 4 is 5.91 Å². The molecule has 1 N–H and O–H groups in total. The lowest BCUT2D eigenvalue weighted by Gasteiger charge is -2.30. The number of carbonyl (C=O) groups excluding carboxylic acids is 1. The van der Waals surface area contributed by atoms with Gasteiger partial charge in [0.25, 0.3) is 0 Å². The van der Waals surface area contributed by atoms with Crippen LogP contribution in [0.15, 0.2) is 24.3 Å². The van der Waals surface area contributed by atoms with E-state index in [4.69, 9.17) is 0 Å². The molecule has 1 aromatic heterocycles. The first-order valence-electron chi connectivity index (χ1n) is 11.0. The summed E-state index contributed by atoms with van der Waals surface area (Å²) in [6, 6.07) is 8.68. The number of hydrogen-bond acceptors (Lipinski definition) is 5. The number of rotatable bonds is 6. The van der Waals surface area contributed by atoms with E-state index < -0.39 is 0 Å². The number of likely N-dealkylation sites (tertiary alicyclic amines) is 1. The number of amides is 1. The van der Waals surface area contributed by atoms with Gasteiger partial charge < -0.3 is 5.32 Å². The van der Waals surface area contributed by atoms with Crippen LogP contribution in [0.4, 0.5) is 0 Å². The summed E-state index contributed by atoms with van der Waals surface area (Å²) in [5.74, 6) is 1.32. The van der Waals surface area contributed by atoms with Crippen molar-refractivity contribution in [3.63, 3.8) is 0 Å². The van der Waals surface area contributed by atoms with Crippen LogP contribution in [0.25, 0.3) is 11.4 Å². The van der Waals surface area contributed by atoms with Gasteiger partial charge in [-0.3, -0.25) is 9.69 Å². The maximum atomic E-state index is 12.2. The van der Waals surface area contributed by atoms with E-state index in [9.17, 15) is 4.79 Å². The highest BCUT2D eigenvalue weighted by Gasteiger charge is 2.18. The van der Waals surface area contributed by atoms with E-state index in [1.165, 1.54) is 55.6 Å². The third-order valence-corrected chi connectivity index (χ3v) is 6.07. The van der Waals surface area contributed by atoms with Gasteiger partial charge in [-0.1, -0.05) is 50.5 Å². The van der Waals surface area contributed by atoms with Crippen LogP contribution < -0.4 is 5.32 Å². The molecule has 0 bridgehead atoms. The van der Waals surface area contributed by atoms with E-state index in [2.05, 4.69) is 44.7 Å². The van der Waals surface area contributed by atoms with Gasteiger partial charge in [0.05, 0.1) is 0 Å². The Morgan fingerprint density at radius 3 is 2.66 bits per heavy atom. The molecular weight excluding hydrogens is 364 g/mol. The number of tetrazole rings is 1. The van der Waals surface area contributed by atoms with Crippen molar-refractivity contribution in [3.05, 3.63) is 29.8 Å². The lowest BCUT2D eigenvalue weighted by atomic mass is 9.95. The van der Waals surface area contributed by atoms with Gasteiger partial charge in [0.2, 0.25) is 11.7 Å². The molecule has 156 valence electrons. The molecule has 1 atom stereocenters. The summed E-state index contributed by atoms with van der Waals surface area (Å²) in [6.45, 7) is 5.81. The largest absolute Gasteiger partial charge is 0.352 e. The SMILES string of the molecule is C[C@@H]1CCCN(Cc2ccc(-c3nnn(CC(=O)NC4CCCCC4)n3)cc2)C1. The smallest absolute Gasteiger partial charge is 0.243 e. The van der Waals surface area contributed by atoms with Gasteiger partial charge in [-0.2, -0.15) is 4.80 Å². The summed E-state index contributed by atoms with van der Waals surface area (Å²) in [6.07, 6.45) is 8.45. The van der Waals surface area contributed by atoms with Crippen LogP contribution in [0.5, 0.6) is 0 Å². The van der Waals surface area contributed by atoms with Gasteiger partial charge in [-0.05, 0) is 48.9 Å². The number of aromatic nitrogens is 4. The summed E-state index contributed by atoms with van der Waals surface area (Å²) in [4.78, 5) is 16.2. The molecule has 1 aliphatic carbocycles. The minimum Gasteiger partial charge on any atom is -0.352 e. The first-order chi connectivity index (χ1) is 14.2. The van der Waals surface area contributed by atoms with Crippen LogP contribution >= 0.6 is 0 Å². The fourth-order valence-corrected chi connectivity index (χ4v) is 4.52. The Bertz CT molecular complexity index is 796. The average molecular weight is 397 g/mol. The van der Waals surface area contributed by atoms with Gasteiger partial charge >= 0.3 is 0 Å². The molecule has 2 fully saturated rings. The summed E-state index contributed by atoms with van der Waals surface area (Å²) in [5, 5.41) is 15.7. The molecule has 1 amide bonds. The normalized spacial score (nSPS) is 21.2. The molecule has 7 heteroatoms. The number of piperidine rings is 1. The number of nitrogens with one attached hydrogen (secondary N) is 1. The Labute approximate surface area is 172 Å². The van der Waals surface area contributed by atoms with Crippen LogP contribution in [0.1, 0.15) is 57.4 Å². The van der Waals surface area contributed by atoms with Crippen LogP contribution in [0.2, 0.25) is 0 Å². The molecule has 7 nitrogen and oxygen atoms in total. The number of hydrogen-bond donors (Lipinski definition) is 1. The fraction of sp³-hybridized carbons (Fsp3) is 0.636. The van der Waals surface area contributed by atoms with E-state index in [0.717, 1.165) is 30.9 Å². The standard InChI is InChI=1S/C22H32N6O/c1-17-6-5-13-27(14-17)15-18-9-11-19(12-10-18)22-24-26-28(25-22)16-21(29)23-20-7-3-2-4-8-20/h9-12,17,20H,2-8,13-16H2,1H3,(H,23,29)/t17-/m1/s1. The Morgan fingerprint density at radius 1 is 1.10 bits per heavy atom. The monoisotopic (exact) mass is 396 g/mol. The van der Waals surface area contributed by atoms with Crippen molar-refractivity contribution in [1.29, 1.82) is 0 Å². The molecule has 1 aliphatic heterocycles. The number of carbonyl (C=O) groups is 1. The van der Waals surface area contributed by atoms with Crippen LogP contribution in [-0.4, -0.2) is 50.1 Å². The van der Waals surface area contributed by atoms with Crippen molar-refractivity contribution < 1.29 is 4.79 Å². The Kier molecular flexibility index (Phi) is 6.54. The zero-order valence-electron chi connectivity index (χ0n) is 17.4. The summed E-state index contributed by atoms with van der Waals surface area (Å²) in [7, 11) is 0. The lowest BCUT2D eigenvalue weighted by Crippen LogP contribution is -2.38. The van der Waals surface area contributed by atoms with Gasteiger partial charge in [-0.25, -0.2) is 0 Å². The van der Waals surface area contributed by atoms with Gasteiger partial charge in [0.1, 0.15) is 6.54 Å². The Morgan fingerprint density at radius 2 is 1.90 bits per heavy atom. The van der Waals surface area contributed by atoms with E-state index in [1.807, 2.05) is 12.1 Å². The van der Waals surface area contributed by atoms with Crippen molar-refractivity contribution in [2.45, 2.75) is 71.0 Å². The summed E-state index contributed by atoms with van der Waals surface area (Å²) in [5.41, 5.74) is 2.24. The molecule has 29 heavy (non-hydrogen) atoms. The molecule has 2 aromatic rings. The van der Waals surface area contributed by atoms with Gasteiger partial charge in [-0.15, -0.1) is 10.2 Å². The molecular formula is C22H32N6O. The maximum absolute atomic E-state index is 12.2. The molecule has 1 aromatic carbocycles. The molecule has 2 aliphatic rings. The predicted octanol–water partition coefficient (Wildman–Crippen LogP) is 3.02. The Balaban J connectivity index is 1.31. The molecule has 0 unspecified atom stereocenters. The topological polar surface area (TPSA) is 75.9 Å². The van der Waals surface area contributed by atoms with E-state index in [-0.39, 0.29) is 12.5 Å². The van der Waals surface area contributed by atoms with Crippen molar-refractivity contribution in [2.75, 3.05) is 13.1 Å². The third-order valence-electron chi connectivity index (χ3n) is 6.07. The predicted molar refractivity (Wildman–Crippen MR) is 112 cm³/mol. The number of nitrogens with zero attached hydrogens (tertiary/aromatic N) is 5. The maximum Gasteiger partial charge on any atom is 0.243 e. The zero-order valence-corrected chi connectivity index (χ0v) is 17.4. The zero-order chi connectivity index (χ0) is 20.1. The second-order valence-electron chi connectivity index (χ2n) is 8.73. The molecule has 0 spiro atoms. The van der Waals surface area contributed by atoms with Crippen molar-refractivity contribution in [1.82, 2.24) is 30.4 Å². The highest BCUT2D eigenvalue weighted by molar-refractivity contribution is 5.75. The minimum absolute atomic E-state index is 0.0352. The molecule has 0 radical (unpaired) electrons. The molecule has 1 saturated heterocycles. The lowest BCUT2D eigenvalue weighted by molar-refractivity contribution is -0.123. The first-order valence-corrected chi connectivity index (χ1v) is 11.0. The fourth-order valence-electron chi connectivity index (χ4n) is 4.52. The highest BCUT2D eigenvalue weighted by Crippen LogP contribution is 2.20. The third kappa shape index (κ3) is 5.63. The van der Waals surface area contributed by atoms with Crippen LogP contribution in [0, 0.1) is 5.92 Å². The van der Waals surface area contributed by atoms with Gasteiger partial charge in [0, 0.05) is 24.7 Å². The van der Waals surface area contributed by atoms with Crippen molar-refractivity contribution in [2.24, 2.45) is 5.92 Å². The minimum atomic E-state index is -0.0352. The molecule has 4 rings (SSSR count). The molecule has 2 heterocycles. The summed E-state index contributed by atoms with van der Waals surface area (Å²) >= 11 is 0. The second kappa shape index (κ2) is 9.48. The molecule has 1 saturated carbocycles. The first kappa shape index (κ1) is 20.0. The van der Waals surface area contributed by atoms with Crippen LogP contribution in [0.3, 0.4) is 0 Å². The van der Waals surface area contributed by atoms with Crippen molar-refractivity contribution in [3.8, 4) is 11.4 Å². The Hall–Kier alpha value is -2.28. The van der Waals surface area contributed by atoms with E-state index in [0.29, 0.717) is 11.9 Å². The average Bonchev–Trinajstić information content (AvgIpc) is 3.17. The number of benzene rings is 1. The highest BCUT2D eigenvalue weighted by atomic mass is 16.2. The van der Waals surface area contributed by atoms with Crippen LogP contribution in [-0.2, 0) is 17.9 Å². The second-order valence-corrected chi connectivity index (χ2v) is 8.73. The summed E-state index contributed by atoms with van der Waals surface area (Å²) < 4.78 is 0.